The molecule has 3 N–H and O–H groups in total. The summed E-state index contributed by atoms with van der Waals surface area (Å²) < 4.78 is 12.5. The predicted molar refractivity (Wildman–Crippen MR) is 131 cm³/mol. The molecule has 0 radical (unpaired) electrons. The Morgan fingerprint density at radius 2 is 2.11 bits per heavy atom. The maximum absolute atomic E-state index is 11.1. The monoisotopic (exact) mass is 493 g/mol. The number of carboxylic acid groups (broad SMARTS) is 1. The summed E-state index contributed by atoms with van der Waals surface area (Å²) >= 11 is 6.76. The molecule has 0 saturated heterocycles. The number of benzene rings is 2. The van der Waals surface area contributed by atoms with E-state index in [-0.39, 0.29) is 6.79 Å². The van der Waals surface area contributed by atoms with E-state index in [0.717, 1.165) is 11.1 Å². The summed E-state index contributed by atoms with van der Waals surface area (Å²) in [4.78, 5) is 19.4. The summed E-state index contributed by atoms with van der Waals surface area (Å²) in [6.45, 7) is -0.392. The molecule has 4 aromatic rings. The van der Waals surface area contributed by atoms with Gasteiger partial charge in [-0.15, -0.1) is 0 Å². The lowest BCUT2D eigenvalue weighted by molar-refractivity contribution is -0.139. The van der Waals surface area contributed by atoms with E-state index in [2.05, 4.69) is 20.4 Å². The van der Waals surface area contributed by atoms with Crippen LogP contribution in [0, 0.1) is 0 Å². The number of pyridine rings is 1. The third-order valence-corrected chi connectivity index (χ3v) is 5.92. The van der Waals surface area contributed by atoms with E-state index in [1.807, 2.05) is 36.4 Å². The number of aromatic nitrogens is 3. The zero-order valence-corrected chi connectivity index (χ0v) is 19.2. The van der Waals surface area contributed by atoms with Crippen LogP contribution >= 0.6 is 11.6 Å². The molecule has 10 nitrogen and oxygen atoms in total. The Hall–Kier alpha value is -4.15. The second-order valence-electron chi connectivity index (χ2n) is 7.78. The van der Waals surface area contributed by atoms with Gasteiger partial charge >= 0.3 is 5.97 Å². The van der Waals surface area contributed by atoms with Gasteiger partial charge in [0.15, 0.2) is 23.4 Å². The molecule has 0 amide bonds. The number of aliphatic carboxylic acids is 1. The SMILES string of the molecule is Cn1nc(Nc2cccc(-c3ccc4c(c3)OCO4)c2Cl)c2ncc(C=N[C@@H](CO)C(=O)O)cc21. The fraction of sp³-hybridized carbons (Fsp3) is 0.167. The fourth-order valence-electron chi connectivity index (χ4n) is 3.71. The lowest BCUT2D eigenvalue weighted by Gasteiger charge is -2.11. The van der Waals surface area contributed by atoms with Gasteiger partial charge in [0, 0.05) is 30.6 Å². The highest BCUT2D eigenvalue weighted by Gasteiger charge is 2.18. The smallest absolute Gasteiger partial charge is 0.330 e. The van der Waals surface area contributed by atoms with Crippen LogP contribution in [-0.2, 0) is 11.8 Å². The highest BCUT2D eigenvalue weighted by atomic mass is 35.5. The van der Waals surface area contributed by atoms with Gasteiger partial charge in [-0.05, 0) is 29.8 Å². The van der Waals surface area contributed by atoms with Gasteiger partial charge in [-0.25, -0.2) is 9.78 Å². The number of hydrogen-bond donors (Lipinski definition) is 3. The molecule has 0 fully saturated rings. The number of fused-ring (bicyclic) bond motifs is 2. The Bertz CT molecular complexity index is 1470. The first-order valence-corrected chi connectivity index (χ1v) is 11.0. The van der Waals surface area contributed by atoms with Crippen LogP contribution in [0.25, 0.3) is 22.2 Å². The average Bonchev–Trinajstić information content (AvgIpc) is 3.44. The number of carboxylic acids is 1. The molecule has 178 valence electrons. The van der Waals surface area contributed by atoms with Crippen LogP contribution in [0.5, 0.6) is 11.5 Å². The number of aliphatic hydroxyl groups excluding tert-OH is 1. The number of aryl methyl sites for hydroxylation is 1. The van der Waals surface area contributed by atoms with Crippen LogP contribution in [0.2, 0.25) is 5.02 Å². The number of nitrogens with one attached hydrogen (secondary N) is 1. The topological polar surface area (TPSA) is 131 Å². The van der Waals surface area contributed by atoms with E-state index in [0.29, 0.717) is 44.6 Å². The lowest BCUT2D eigenvalue weighted by atomic mass is 10.0. The van der Waals surface area contributed by atoms with Crippen LogP contribution in [0.4, 0.5) is 11.5 Å². The number of aliphatic imine (C=N–C) groups is 1. The molecule has 0 aliphatic carbocycles. The number of carbonyl (C=O) groups is 1. The van der Waals surface area contributed by atoms with Crippen molar-refractivity contribution < 1.29 is 24.5 Å². The van der Waals surface area contributed by atoms with Crippen molar-refractivity contribution in [2.75, 3.05) is 18.7 Å². The molecule has 0 spiro atoms. The molecule has 0 unspecified atom stereocenters. The normalized spacial score (nSPS) is 13.5. The van der Waals surface area contributed by atoms with E-state index in [4.69, 9.17) is 31.3 Å². The number of hydrogen-bond acceptors (Lipinski definition) is 8. The van der Waals surface area contributed by atoms with Gasteiger partial charge in [0.25, 0.3) is 0 Å². The van der Waals surface area contributed by atoms with Crippen molar-refractivity contribution in [1.29, 1.82) is 0 Å². The predicted octanol–water partition coefficient (Wildman–Crippen LogP) is 3.63. The van der Waals surface area contributed by atoms with Gasteiger partial charge in [0.2, 0.25) is 6.79 Å². The van der Waals surface area contributed by atoms with Crippen LogP contribution in [0.1, 0.15) is 5.56 Å². The van der Waals surface area contributed by atoms with E-state index >= 15 is 0 Å². The van der Waals surface area contributed by atoms with E-state index in [9.17, 15) is 4.79 Å². The zero-order chi connectivity index (χ0) is 24.5. The molecule has 1 aliphatic rings. The Labute approximate surface area is 204 Å². The molecule has 1 aliphatic heterocycles. The van der Waals surface area contributed by atoms with Crippen molar-refractivity contribution in [3.63, 3.8) is 0 Å². The minimum Gasteiger partial charge on any atom is -0.480 e. The number of ether oxygens (including phenoxy) is 2. The largest absolute Gasteiger partial charge is 0.480 e. The second kappa shape index (κ2) is 9.24. The maximum atomic E-state index is 11.1. The van der Waals surface area contributed by atoms with Gasteiger partial charge in [0.1, 0.15) is 5.52 Å². The second-order valence-corrected chi connectivity index (χ2v) is 8.16. The molecular weight excluding hydrogens is 474 g/mol. The number of halogens is 1. The summed E-state index contributed by atoms with van der Waals surface area (Å²) in [7, 11) is 1.77. The van der Waals surface area contributed by atoms with Crippen molar-refractivity contribution in [3.05, 3.63) is 59.2 Å². The first-order valence-electron chi connectivity index (χ1n) is 10.6. The third kappa shape index (κ3) is 4.36. The average molecular weight is 494 g/mol. The Morgan fingerprint density at radius 3 is 2.91 bits per heavy atom. The summed E-state index contributed by atoms with van der Waals surface area (Å²) in [5, 5.41) is 26.5. The van der Waals surface area contributed by atoms with Gasteiger partial charge in [-0.1, -0.05) is 29.8 Å². The molecule has 2 aromatic heterocycles. The summed E-state index contributed by atoms with van der Waals surface area (Å²) in [6.07, 6.45) is 2.92. The van der Waals surface area contributed by atoms with Gasteiger partial charge in [-0.2, -0.15) is 5.10 Å². The standard InChI is InChI=1S/C24H20ClN5O5/c1-30-18-7-13(9-26-17(11-31)24(32)33)10-27-22(18)23(29-30)28-16-4-2-3-15(21(16)25)14-5-6-19-20(8-14)35-12-34-19/h2-10,17,31H,11-12H2,1H3,(H,28,29)(H,32,33)/t17-/m0/s1. The third-order valence-electron chi connectivity index (χ3n) is 5.51. The maximum Gasteiger partial charge on any atom is 0.330 e. The van der Waals surface area contributed by atoms with Gasteiger partial charge in [-0.3, -0.25) is 9.67 Å². The minimum absolute atomic E-state index is 0.197. The van der Waals surface area contributed by atoms with E-state index in [1.165, 1.54) is 6.21 Å². The van der Waals surface area contributed by atoms with Crippen molar-refractivity contribution in [1.82, 2.24) is 14.8 Å². The number of nitrogens with zero attached hydrogens (tertiary/aromatic N) is 4. The van der Waals surface area contributed by atoms with Crippen molar-refractivity contribution in [3.8, 4) is 22.6 Å². The van der Waals surface area contributed by atoms with Crippen molar-refractivity contribution in [2.24, 2.45) is 12.0 Å². The number of anilines is 2. The lowest BCUT2D eigenvalue weighted by Crippen LogP contribution is -2.22. The summed E-state index contributed by atoms with van der Waals surface area (Å²) in [5.74, 6) is 0.674. The fourth-order valence-corrected chi connectivity index (χ4v) is 3.99. The molecule has 1 atom stereocenters. The van der Waals surface area contributed by atoms with Crippen LogP contribution in [-0.4, -0.2) is 56.6 Å². The summed E-state index contributed by atoms with van der Waals surface area (Å²) in [6, 6.07) is 11.9. The van der Waals surface area contributed by atoms with Gasteiger partial charge in [0.05, 0.1) is 22.8 Å². The van der Waals surface area contributed by atoms with Crippen LogP contribution in [0.3, 0.4) is 0 Å². The summed E-state index contributed by atoms with van der Waals surface area (Å²) in [5.41, 5.74) is 4.24. The quantitative estimate of drug-likeness (QED) is 0.333. The first kappa shape index (κ1) is 22.6. The molecular formula is C24H20ClN5O5. The molecule has 5 rings (SSSR count). The Morgan fingerprint density at radius 1 is 1.29 bits per heavy atom. The Kier molecular flexibility index (Phi) is 5.98. The van der Waals surface area contributed by atoms with E-state index in [1.54, 1.807) is 24.0 Å². The number of rotatable bonds is 7. The van der Waals surface area contributed by atoms with Crippen molar-refractivity contribution in [2.45, 2.75) is 6.04 Å². The molecule has 3 heterocycles. The molecule has 0 saturated carbocycles. The molecule has 0 bridgehead atoms. The van der Waals surface area contributed by atoms with Gasteiger partial charge < -0.3 is 25.0 Å². The first-order chi connectivity index (χ1) is 16.9. The van der Waals surface area contributed by atoms with E-state index < -0.39 is 18.6 Å². The molecule has 11 heteroatoms. The number of aliphatic hydroxyl groups is 1. The molecule has 35 heavy (non-hydrogen) atoms. The van der Waals surface area contributed by atoms with Crippen LogP contribution < -0.4 is 14.8 Å². The van der Waals surface area contributed by atoms with Crippen LogP contribution in [0.15, 0.2) is 53.7 Å². The highest BCUT2D eigenvalue weighted by Crippen LogP contribution is 2.40. The minimum atomic E-state index is -1.23. The zero-order valence-electron chi connectivity index (χ0n) is 18.5. The molecule has 2 aromatic carbocycles. The Balaban J connectivity index is 1.44. The van der Waals surface area contributed by atoms with Crippen molar-refractivity contribution >= 4 is 46.3 Å². The highest BCUT2D eigenvalue weighted by molar-refractivity contribution is 6.36.